The number of benzene rings is 1. The van der Waals surface area contributed by atoms with E-state index < -0.39 is 52.2 Å². The number of methoxy groups -OCH3 is 1. The molecule has 33 heavy (non-hydrogen) atoms. The van der Waals surface area contributed by atoms with Crippen LogP contribution in [0.15, 0.2) is 41.4 Å². The highest BCUT2D eigenvalue weighted by Gasteiger charge is 2.39. The van der Waals surface area contributed by atoms with Gasteiger partial charge in [0.15, 0.2) is 5.54 Å². The summed E-state index contributed by atoms with van der Waals surface area (Å²) in [5.41, 5.74) is 4.28. The van der Waals surface area contributed by atoms with Crippen molar-refractivity contribution < 1.29 is 34.4 Å². The number of nitrogens with two attached hydrogens (primary N) is 1. The van der Waals surface area contributed by atoms with Gasteiger partial charge in [-0.3, -0.25) is 4.79 Å². The first-order chi connectivity index (χ1) is 15.3. The summed E-state index contributed by atoms with van der Waals surface area (Å²) >= 11 is 17.0. The van der Waals surface area contributed by atoms with Gasteiger partial charge in [-0.2, -0.15) is 0 Å². The molecule has 1 rings (SSSR count). The van der Waals surface area contributed by atoms with Crippen LogP contribution in [0, 0.1) is 0 Å². The van der Waals surface area contributed by atoms with Gasteiger partial charge in [0.25, 0.3) is 0 Å². The van der Waals surface area contributed by atoms with Gasteiger partial charge in [-0.1, -0.05) is 59.9 Å². The number of nitrogens with zero attached hydrogens (tertiary/aromatic N) is 1. The minimum Gasteiger partial charge on any atom is -0.497 e. The number of halogens is 3. The summed E-state index contributed by atoms with van der Waals surface area (Å²) in [6, 6.07) is 7.16. The molecule has 0 aliphatic rings. The number of amidine groups is 1. The number of aliphatic hydroxyl groups is 1. The number of carboxylic acids is 2. The molecular formula is C21H27Cl3N2O7. The van der Waals surface area contributed by atoms with E-state index in [0.717, 1.165) is 17.7 Å². The number of aliphatic carboxylic acids is 2. The van der Waals surface area contributed by atoms with Gasteiger partial charge in [0, 0.05) is 6.42 Å². The van der Waals surface area contributed by atoms with E-state index in [0.29, 0.717) is 12.2 Å². The molecule has 0 saturated carbocycles. The van der Waals surface area contributed by atoms with E-state index in [1.54, 1.807) is 26.2 Å². The van der Waals surface area contributed by atoms with Crippen LogP contribution in [-0.2, 0) is 20.9 Å². The fraction of sp³-hybridized carbons (Fsp3) is 0.476. The molecule has 3 atom stereocenters. The largest absolute Gasteiger partial charge is 0.497 e. The van der Waals surface area contributed by atoms with E-state index in [9.17, 15) is 19.8 Å². The average Bonchev–Trinajstić information content (AvgIpc) is 2.75. The van der Waals surface area contributed by atoms with Gasteiger partial charge in [-0.05, 0) is 36.6 Å². The molecule has 5 N–H and O–H groups in total. The maximum absolute atomic E-state index is 12.1. The molecule has 1 aromatic rings. The first kappa shape index (κ1) is 29.0. The molecule has 0 amide bonds. The predicted molar refractivity (Wildman–Crippen MR) is 126 cm³/mol. The zero-order chi connectivity index (χ0) is 25.2. The first-order valence-electron chi connectivity index (χ1n) is 9.84. The Bertz CT molecular complexity index is 856. The summed E-state index contributed by atoms with van der Waals surface area (Å²) in [4.78, 5) is 26.9. The summed E-state index contributed by atoms with van der Waals surface area (Å²) in [5.74, 6) is -2.74. The van der Waals surface area contributed by atoms with Gasteiger partial charge in [0.05, 0.1) is 25.9 Å². The third-order valence-corrected chi connectivity index (χ3v) is 5.26. The van der Waals surface area contributed by atoms with Crippen molar-refractivity contribution in [2.45, 2.75) is 54.3 Å². The lowest BCUT2D eigenvalue weighted by Crippen LogP contribution is -2.41. The Kier molecular flexibility index (Phi) is 11.4. The lowest BCUT2D eigenvalue weighted by Gasteiger charge is -2.25. The van der Waals surface area contributed by atoms with Crippen LogP contribution in [0.5, 0.6) is 5.75 Å². The van der Waals surface area contributed by atoms with E-state index in [2.05, 4.69) is 4.99 Å². The molecule has 3 unspecified atom stereocenters. The van der Waals surface area contributed by atoms with Crippen molar-refractivity contribution in [2.24, 2.45) is 10.7 Å². The predicted octanol–water partition coefficient (Wildman–Crippen LogP) is 3.32. The molecule has 0 fully saturated rings. The minimum atomic E-state index is -2.20. The Hall–Kier alpha value is -2.04. The molecule has 9 nitrogen and oxygen atoms in total. The van der Waals surface area contributed by atoms with Crippen molar-refractivity contribution in [3.05, 3.63) is 42.0 Å². The summed E-state index contributed by atoms with van der Waals surface area (Å²) < 4.78 is 8.66. The molecule has 0 aliphatic carbocycles. The second-order valence-corrected chi connectivity index (χ2v) is 9.35. The maximum Gasteiger partial charge on any atom is 0.335 e. The van der Waals surface area contributed by atoms with Crippen molar-refractivity contribution >= 4 is 52.6 Å². The van der Waals surface area contributed by atoms with Crippen LogP contribution in [0.1, 0.15) is 31.7 Å². The summed E-state index contributed by atoms with van der Waals surface area (Å²) in [6.45, 7) is 1.97. The number of carboxylic acid groups (broad SMARTS) is 2. The Labute approximate surface area is 206 Å². The van der Waals surface area contributed by atoms with Crippen molar-refractivity contribution in [1.82, 2.24) is 0 Å². The normalized spacial score (nSPS) is 16.2. The third kappa shape index (κ3) is 9.38. The zero-order valence-corrected chi connectivity index (χ0v) is 20.3. The lowest BCUT2D eigenvalue weighted by molar-refractivity contribution is -0.142. The van der Waals surface area contributed by atoms with E-state index in [-0.39, 0.29) is 6.61 Å². The number of aliphatic imine (C=N–C) groups is 1. The van der Waals surface area contributed by atoms with Gasteiger partial charge >= 0.3 is 11.9 Å². The smallest absolute Gasteiger partial charge is 0.335 e. The highest BCUT2D eigenvalue weighted by Crippen LogP contribution is 2.30. The van der Waals surface area contributed by atoms with Crippen molar-refractivity contribution in [3.8, 4) is 5.75 Å². The van der Waals surface area contributed by atoms with Crippen LogP contribution < -0.4 is 10.5 Å². The van der Waals surface area contributed by atoms with Gasteiger partial charge in [-0.25, -0.2) is 9.79 Å². The highest BCUT2D eigenvalue weighted by atomic mass is 35.6. The fourth-order valence-corrected chi connectivity index (χ4v) is 2.87. The van der Waals surface area contributed by atoms with Crippen LogP contribution in [0.3, 0.4) is 0 Å². The Morgan fingerprint density at radius 2 is 1.82 bits per heavy atom. The molecule has 12 heteroatoms. The summed E-state index contributed by atoms with van der Waals surface area (Å²) in [6.07, 6.45) is -0.389. The van der Waals surface area contributed by atoms with Gasteiger partial charge in [0.1, 0.15) is 11.6 Å². The Morgan fingerprint density at radius 1 is 1.21 bits per heavy atom. The van der Waals surface area contributed by atoms with Crippen LogP contribution >= 0.6 is 34.8 Å². The number of hydrogen-bond acceptors (Lipinski definition) is 6. The quantitative estimate of drug-likeness (QED) is 0.132. The summed E-state index contributed by atoms with van der Waals surface area (Å²) in [5, 5.41) is 29.4. The van der Waals surface area contributed by atoms with Gasteiger partial charge in [-0.15, -0.1) is 0 Å². The molecule has 0 aliphatic heterocycles. The van der Waals surface area contributed by atoms with Crippen molar-refractivity contribution in [1.29, 1.82) is 0 Å². The van der Waals surface area contributed by atoms with Crippen molar-refractivity contribution in [3.63, 3.8) is 0 Å². The monoisotopic (exact) mass is 524 g/mol. The topological polar surface area (TPSA) is 152 Å². The molecule has 1 aromatic carbocycles. The fourth-order valence-electron chi connectivity index (χ4n) is 2.74. The SMILES string of the molecule is CCC(OCc1ccc(OC)cc1)C(O)/C=C/C(CCC(=O)O)(N=C(N)C(Cl)(Cl)Cl)C(=O)O. The van der Waals surface area contributed by atoms with Crippen LogP contribution in [0.4, 0.5) is 0 Å². The number of carbonyl (C=O) groups is 2. The lowest BCUT2D eigenvalue weighted by atomic mass is 9.92. The molecule has 0 saturated heterocycles. The number of hydrogen-bond donors (Lipinski definition) is 4. The first-order valence-corrected chi connectivity index (χ1v) is 11.0. The van der Waals surface area contributed by atoms with Crippen LogP contribution in [-0.4, -0.2) is 61.7 Å². The molecule has 0 aromatic heterocycles. The molecule has 0 bridgehead atoms. The van der Waals surface area contributed by atoms with E-state index in [1.165, 1.54) is 0 Å². The molecule has 0 spiro atoms. The number of rotatable bonds is 13. The Balaban J connectivity index is 3.11. The van der Waals surface area contributed by atoms with Gasteiger partial charge < -0.3 is 30.5 Å². The van der Waals surface area contributed by atoms with E-state index >= 15 is 0 Å². The van der Waals surface area contributed by atoms with Crippen LogP contribution in [0.25, 0.3) is 0 Å². The number of aliphatic hydroxyl groups excluding tert-OH is 1. The van der Waals surface area contributed by atoms with Crippen molar-refractivity contribution in [2.75, 3.05) is 7.11 Å². The molecule has 0 heterocycles. The second kappa shape index (κ2) is 13.0. The number of alkyl halides is 3. The Morgan fingerprint density at radius 3 is 2.27 bits per heavy atom. The van der Waals surface area contributed by atoms with E-state index in [1.807, 2.05) is 12.1 Å². The van der Waals surface area contributed by atoms with Crippen LogP contribution in [0.2, 0.25) is 0 Å². The third-order valence-electron chi connectivity index (χ3n) is 4.68. The minimum absolute atomic E-state index is 0.189. The second-order valence-electron chi connectivity index (χ2n) is 7.07. The molecule has 184 valence electrons. The zero-order valence-electron chi connectivity index (χ0n) is 18.1. The molecule has 0 radical (unpaired) electrons. The standard InChI is InChI=1S/C21H27Cl3N2O7/c1-3-16(33-12-13-4-6-14(32-2)7-5-13)15(27)8-10-20(19(30)31,11-9-17(28)29)26-18(25)21(22,23)24/h4-8,10,15-16,27H,3,9,11-12H2,1-2H3,(H2,25,26)(H,28,29)(H,30,31)/b10-8+. The average molecular weight is 526 g/mol. The molecular weight excluding hydrogens is 499 g/mol. The highest BCUT2D eigenvalue weighted by molar-refractivity contribution is 6.76. The summed E-state index contributed by atoms with van der Waals surface area (Å²) in [7, 11) is 1.56. The maximum atomic E-state index is 12.1. The van der Waals surface area contributed by atoms with Gasteiger partial charge in [0.2, 0.25) is 3.79 Å². The number of ether oxygens (including phenoxy) is 2. The van der Waals surface area contributed by atoms with E-state index in [4.69, 9.17) is 55.1 Å².